The number of nitrogens with zero attached hydrogens (tertiary/aromatic N) is 5. The maximum Gasteiger partial charge on any atom is 0.246 e. The predicted octanol–water partition coefficient (Wildman–Crippen LogP) is 0.358. The third-order valence-electron chi connectivity index (χ3n) is 21.9. The van der Waals surface area contributed by atoms with Gasteiger partial charge in [-0.3, -0.25) is 77.3 Å². The van der Waals surface area contributed by atoms with Gasteiger partial charge in [0.15, 0.2) is 17.5 Å². The number of methoxy groups -OCH3 is 2. The summed E-state index contributed by atoms with van der Waals surface area (Å²) in [6.45, 7) is 5.52. The molecule has 2 aromatic heterocycles. The first-order valence-electron chi connectivity index (χ1n) is 41.6. The van der Waals surface area contributed by atoms with Crippen molar-refractivity contribution in [3.05, 3.63) is 95.8 Å². The zero-order valence-corrected chi connectivity index (χ0v) is 71.8. The predicted molar refractivity (Wildman–Crippen MR) is 457 cm³/mol. The van der Waals surface area contributed by atoms with Gasteiger partial charge < -0.3 is 109 Å². The summed E-state index contributed by atoms with van der Waals surface area (Å²) in [6, 6.07) is 6.49. The first-order chi connectivity index (χ1) is 58.3. The summed E-state index contributed by atoms with van der Waals surface area (Å²) in [5, 5.41) is 36.5. The highest BCUT2D eigenvalue weighted by atomic mass is 32.2. The van der Waals surface area contributed by atoms with Crippen LogP contribution in [0.15, 0.2) is 79.1 Å². The summed E-state index contributed by atoms with van der Waals surface area (Å²) in [7, 11) is 7.03. The third-order valence-corrected chi connectivity index (χ3v) is 22.9. The van der Waals surface area contributed by atoms with Gasteiger partial charge in [0, 0.05) is 107 Å². The number of ether oxygens (including phenoxy) is 2. The molecule has 3 aliphatic rings. The third kappa shape index (κ3) is 27.0. The zero-order chi connectivity index (χ0) is 88.9. The van der Waals surface area contributed by atoms with Gasteiger partial charge in [-0.15, -0.1) is 0 Å². The fourth-order valence-electron chi connectivity index (χ4n) is 15.5. The molecule has 38 heteroatoms. The van der Waals surface area contributed by atoms with Crippen LogP contribution in [-0.2, 0) is 91.2 Å². The number of H-pyrrole nitrogens is 2. The van der Waals surface area contributed by atoms with E-state index in [0.29, 0.717) is 60.3 Å². The molecule has 17 N–H and O–H groups in total. The Morgan fingerprint density at radius 2 is 1.07 bits per heavy atom. The molecule has 37 nitrogen and oxygen atoms in total. The van der Waals surface area contributed by atoms with E-state index in [0.717, 1.165) is 43.4 Å². The molecule has 3 fully saturated rings. The largest absolute Gasteiger partial charge is 0.493 e. The molecule has 3 aromatic carbocycles. The van der Waals surface area contributed by atoms with Crippen molar-refractivity contribution < 1.29 is 81.4 Å². The molecule has 3 saturated heterocycles. The van der Waals surface area contributed by atoms with Crippen LogP contribution in [0.25, 0.3) is 21.8 Å². The minimum absolute atomic E-state index is 0.0158. The highest BCUT2D eigenvalue weighted by Gasteiger charge is 2.43. The summed E-state index contributed by atoms with van der Waals surface area (Å²) in [5.41, 5.74) is 14.5. The highest BCUT2D eigenvalue weighted by molar-refractivity contribution is 7.99. The van der Waals surface area contributed by atoms with Crippen LogP contribution in [0.1, 0.15) is 134 Å². The Morgan fingerprint density at radius 1 is 0.541 bits per heavy atom. The summed E-state index contributed by atoms with van der Waals surface area (Å²) in [6.07, 6.45) is 5.87. The van der Waals surface area contributed by atoms with E-state index in [1.807, 2.05) is 70.2 Å². The highest BCUT2D eigenvalue weighted by Crippen LogP contribution is 2.30. The number of unbranched alkanes of at least 4 members (excludes halogenated alkanes) is 2. The SMILES string of the molecule is CCCC[C@H]1C(=O)N(C)[C@@H](CCCC)C(=O)N[C@@H](CCCNC(=N)N)C(=O)NCCSCC(=O)N[C@@H](Cc2ccc(OC)c(OC)c2)C(=O)N(C)CC(=O)N[C@@H](CC(N)=O)C(=O)N2CCCC2C(=O)NCC(=O)N[C@@H](CC(C)C)C(=O)N2CCC[C@H]2C(=O)N[C@@H](Cc2c[nH]c3ccccc23)C(=O)NCC(=O)N[C@@H](Cc2c[nH]c3ccccc23)C(=O)N1C. The van der Waals surface area contributed by atoms with Gasteiger partial charge in [-0.25, -0.2) is 0 Å². The number of likely N-dealkylation sites (N-methyl/N-ethyl adjacent to an activating group) is 3. The standard InChI is InChI=1S/C84H120N20O17S/c1-10-12-26-63-77(113)98-57(25-18-32-89-84(86)87)74(110)88-33-36-122-48-73(109)97-60(38-50-30-31-67(120-8)68(39-50)121-9)79(115)100(5)47-72(108)96-62(42-69(85)105)82(118)103-34-19-28-64(103)76(112)93-46-71(107)94-59(37-49(3)4)81(117)104-35-20-29-65(104)78(114)99-58(40-51-43-90-55-23-16-14-21-53(51)55)75(111)92-45-70(106)95-61(41-52-44-91-56-24-17-15-22-54(52)56)80(116)102(7)66(27-13-11-2)83(119)101(63)6/h14-17,21-24,30-31,39,43-44,49,57-66,90-91H,10-13,18-20,25-29,32-38,40-42,45-48H2,1-9H3,(H2,85,105)(H,88,110)(H,92,111)(H,93,112)(H,94,107)(H,95,106)(H,96,108)(H,97,109)(H,98,113)(H,99,114)(H4,86,87,89)/t57-,58-,59-,60-,61-,62-,63-,64?,65-,66-/m0/s1. The Labute approximate surface area is 713 Å². The van der Waals surface area contributed by atoms with Crippen molar-refractivity contribution in [1.82, 2.24) is 87.6 Å². The van der Waals surface area contributed by atoms with Crippen molar-refractivity contribution >= 4 is 128 Å². The minimum atomic E-state index is -1.64. The summed E-state index contributed by atoms with van der Waals surface area (Å²) in [5.74, 6) is -11.3. The number of fused-ring (bicyclic) bond motifs is 4. The maximum atomic E-state index is 15.5. The minimum Gasteiger partial charge on any atom is -0.493 e. The number of rotatable bonds is 22. The number of primary amides is 1. The number of nitrogens with one attached hydrogen (secondary N) is 13. The van der Waals surface area contributed by atoms with Crippen molar-refractivity contribution in [3.8, 4) is 11.5 Å². The number of nitrogens with two attached hydrogens (primary N) is 2. The average Bonchev–Trinajstić information content (AvgIpc) is 1.65. The molecule has 15 amide bonds. The molecule has 664 valence electrons. The van der Waals surface area contributed by atoms with Crippen molar-refractivity contribution in [2.24, 2.45) is 17.4 Å². The van der Waals surface area contributed by atoms with Crippen LogP contribution in [0.4, 0.5) is 0 Å². The molecule has 0 aliphatic carbocycles. The zero-order valence-electron chi connectivity index (χ0n) is 71.0. The van der Waals surface area contributed by atoms with Crippen molar-refractivity contribution in [3.63, 3.8) is 0 Å². The topological polar surface area (TPSA) is 518 Å². The second kappa shape index (κ2) is 46.7. The van der Waals surface area contributed by atoms with Gasteiger partial charge in [-0.2, -0.15) is 11.8 Å². The molecule has 10 atom stereocenters. The quantitative estimate of drug-likeness (QED) is 0.0253. The monoisotopic (exact) mass is 1710 g/mol. The van der Waals surface area contributed by atoms with Crippen LogP contribution in [-0.4, -0.2) is 282 Å². The number of guanidine groups is 1. The Bertz CT molecular complexity index is 4560. The molecule has 5 aromatic rings. The first-order valence-corrected chi connectivity index (χ1v) is 42.8. The fourth-order valence-corrected chi connectivity index (χ4v) is 16.2. The molecule has 5 heterocycles. The van der Waals surface area contributed by atoms with Crippen LogP contribution in [0.3, 0.4) is 0 Å². The number of hydrogen-bond acceptors (Lipinski definition) is 19. The second-order valence-corrected chi connectivity index (χ2v) is 32.6. The van der Waals surface area contributed by atoms with Gasteiger partial charge in [0.25, 0.3) is 0 Å². The van der Waals surface area contributed by atoms with E-state index in [-0.39, 0.29) is 120 Å². The molecule has 0 spiro atoms. The van der Waals surface area contributed by atoms with Crippen LogP contribution < -0.4 is 74.1 Å². The summed E-state index contributed by atoms with van der Waals surface area (Å²) < 4.78 is 10.9. The summed E-state index contributed by atoms with van der Waals surface area (Å²) >= 11 is 1.09. The molecule has 3 aliphatic heterocycles. The Hall–Kier alpha value is -12.0. The van der Waals surface area contributed by atoms with E-state index in [4.69, 9.17) is 26.4 Å². The fraction of sp³-hybridized carbons (Fsp3) is 0.548. The molecular weight excluding hydrogens is 1590 g/mol. The molecule has 0 saturated carbocycles. The Morgan fingerprint density at radius 3 is 1.66 bits per heavy atom. The number of thioether (sulfide) groups is 1. The molecule has 0 bridgehead atoms. The van der Waals surface area contributed by atoms with Crippen molar-refractivity contribution in [1.29, 1.82) is 5.41 Å². The van der Waals surface area contributed by atoms with Crippen LogP contribution >= 0.6 is 11.8 Å². The number of carbonyl (C=O) groups excluding carboxylic acids is 15. The molecule has 0 radical (unpaired) electrons. The molecule has 8 rings (SSSR count). The number of carbonyl (C=O) groups is 15. The number of benzene rings is 3. The Balaban J connectivity index is 1.11. The van der Waals surface area contributed by atoms with E-state index in [2.05, 4.69) is 63.1 Å². The van der Waals surface area contributed by atoms with Gasteiger partial charge >= 0.3 is 0 Å². The average molecular weight is 1710 g/mol. The van der Waals surface area contributed by atoms with E-state index < -0.39 is 175 Å². The van der Waals surface area contributed by atoms with E-state index in [1.54, 1.807) is 36.7 Å². The molecular formula is C84H120N20O17S. The van der Waals surface area contributed by atoms with E-state index in [1.165, 1.54) is 50.1 Å². The lowest BCUT2D eigenvalue weighted by molar-refractivity contribution is -0.149. The molecule has 122 heavy (non-hydrogen) atoms. The lowest BCUT2D eigenvalue weighted by Crippen LogP contribution is -2.59. The van der Waals surface area contributed by atoms with Gasteiger partial charge in [0.05, 0.1) is 46.0 Å². The first kappa shape index (κ1) is 95.5. The van der Waals surface area contributed by atoms with Gasteiger partial charge in [-0.05, 0) is 105 Å². The normalized spacial score (nSPS) is 23.1. The maximum absolute atomic E-state index is 15.5. The smallest absolute Gasteiger partial charge is 0.246 e. The van der Waals surface area contributed by atoms with Crippen molar-refractivity contribution in [2.45, 2.75) is 197 Å². The number of hydrogen-bond donors (Lipinski definition) is 15. The lowest BCUT2D eigenvalue weighted by atomic mass is 10.00. The van der Waals surface area contributed by atoms with E-state index in [9.17, 15) is 62.3 Å². The number of amides is 15. The number of aromatic amines is 2. The summed E-state index contributed by atoms with van der Waals surface area (Å²) in [4.78, 5) is 230. The van der Waals surface area contributed by atoms with Gasteiger partial charge in [0.1, 0.15) is 60.4 Å². The van der Waals surface area contributed by atoms with Crippen LogP contribution in [0.2, 0.25) is 0 Å². The van der Waals surface area contributed by atoms with Crippen LogP contribution in [0.5, 0.6) is 11.5 Å². The van der Waals surface area contributed by atoms with E-state index >= 15 is 9.59 Å². The van der Waals surface area contributed by atoms with Gasteiger partial charge in [0.2, 0.25) is 88.6 Å². The molecule has 1 unspecified atom stereocenters. The Kier molecular flexibility index (Phi) is 36.6. The van der Waals surface area contributed by atoms with Crippen LogP contribution in [0, 0.1) is 11.3 Å². The lowest BCUT2D eigenvalue weighted by Gasteiger charge is -2.36. The second-order valence-electron chi connectivity index (χ2n) is 31.5. The number of para-hydroxylation sites is 2. The number of aromatic nitrogens is 2. The van der Waals surface area contributed by atoms with Gasteiger partial charge in [-0.1, -0.05) is 95.8 Å². The van der Waals surface area contributed by atoms with Crippen molar-refractivity contribution in [2.75, 3.05) is 92.7 Å².